The Morgan fingerprint density at radius 2 is 1.69 bits per heavy atom. The standard InChI is InChI=1S/C26H30N4O5/c1-3-34-20-8-10-22(11-9-20)35-21-6-4-19(5-7-21)28-24(31)13-12-23-18(2)27-26(29-25(23)32)30-14-16-33-17-15-30/h4-11H,3,12-17H2,1-2H3,(H,28,31)(H,27,29,32). The molecule has 1 amide bonds. The molecule has 0 saturated carbocycles. The number of hydrogen-bond donors (Lipinski definition) is 2. The molecule has 1 fully saturated rings. The van der Waals surface area contributed by atoms with Gasteiger partial charge in [-0.1, -0.05) is 0 Å². The van der Waals surface area contributed by atoms with Crippen LogP contribution in [0.4, 0.5) is 11.6 Å². The molecule has 0 spiro atoms. The van der Waals surface area contributed by atoms with Crippen molar-refractivity contribution in [1.82, 2.24) is 9.97 Å². The average Bonchev–Trinajstić information content (AvgIpc) is 2.86. The number of ether oxygens (including phenoxy) is 3. The number of morpholine rings is 1. The van der Waals surface area contributed by atoms with E-state index in [-0.39, 0.29) is 17.9 Å². The number of rotatable bonds is 9. The lowest BCUT2D eigenvalue weighted by Crippen LogP contribution is -2.38. The summed E-state index contributed by atoms with van der Waals surface area (Å²) in [7, 11) is 0. The SMILES string of the molecule is CCOc1ccc(Oc2ccc(NC(=O)CCc3c(C)nc(N4CCOCC4)[nH]c3=O)cc2)cc1. The van der Waals surface area contributed by atoms with Gasteiger partial charge in [0, 0.05) is 36.5 Å². The van der Waals surface area contributed by atoms with E-state index < -0.39 is 0 Å². The Balaban J connectivity index is 1.29. The number of aryl methyl sites for hydroxylation is 1. The predicted molar refractivity (Wildman–Crippen MR) is 134 cm³/mol. The van der Waals surface area contributed by atoms with Crippen molar-refractivity contribution in [3.8, 4) is 17.2 Å². The highest BCUT2D eigenvalue weighted by molar-refractivity contribution is 5.90. The molecule has 0 bridgehead atoms. The molecule has 9 nitrogen and oxygen atoms in total. The number of nitrogens with one attached hydrogen (secondary N) is 2. The van der Waals surface area contributed by atoms with Crippen LogP contribution in [-0.2, 0) is 16.0 Å². The van der Waals surface area contributed by atoms with Crippen LogP contribution < -0.4 is 25.2 Å². The molecule has 1 saturated heterocycles. The van der Waals surface area contributed by atoms with Crippen LogP contribution in [0.15, 0.2) is 53.3 Å². The van der Waals surface area contributed by atoms with Crippen LogP contribution >= 0.6 is 0 Å². The largest absolute Gasteiger partial charge is 0.494 e. The molecule has 4 rings (SSSR count). The second kappa shape index (κ2) is 11.5. The lowest BCUT2D eigenvalue weighted by Gasteiger charge is -2.27. The van der Waals surface area contributed by atoms with E-state index in [1.807, 2.05) is 36.1 Å². The smallest absolute Gasteiger partial charge is 0.255 e. The Bertz CT molecular complexity index is 1190. The monoisotopic (exact) mass is 478 g/mol. The highest BCUT2D eigenvalue weighted by atomic mass is 16.5. The highest BCUT2D eigenvalue weighted by Crippen LogP contribution is 2.25. The first kappa shape index (κ1) is 24.3. The van der Waals surface area contributed by atoms with Crippen molar-refractivity contribution in [3.63, 3.8) is 0 Å². The first-order chi connectivity index (χ1) is 17.0. The van der Waals surface area contributed by atoms with Crippen molar-refractivity contribution in [2.24, 2.45) is 0 Å². The zero-order chi connectivity index (χ0) is 24.6. The molecule has 3 aromatic rings. The van der Waals surface area contributed by atoms with Gasteiger partial charge in [-0.2, -0.15) is 0 Å². The number of carbonyl (C=O) groups is 1. The molecule has 0 unspecified atom stereocenters. The Hall–Kier alpha value is -3.85. The van der Waals surface area contributed by atoms with Gasteiger partial charge < -0.3 is 24.4 Å². The van der Waals surface area contributed by atoms with Gasteiger partial charge in [-0.25, -0.2) is 4.98 Å². The minimum Gasteiger partial charge on any atom is -0.494 e. The fourth-order valence-corrected chi connectivity index (χ4v) is 3.79. The second-order valence-electron chi connectivity index (χ2n) is 8.13. The molecular formula is C26H30N4O5. The Labute approximate surface area is 204 Å². The van der Waals surface area contributed by atoms with Gasteiger partial charge in [0.2, 0.25) is 11.9 Å². The zero-order valence-corrected chi connectivity index (χ0v) is 20.0. The number of hydrogen-bond acceptors (Lipinski definition) is 7. The second-order valence-corrected chi connectivity index (χ2v) is 8.13. The summed E-state index contributed by atoms with van der Waals surface area (Å²) in [6.45, 7) is 6.95. The van der Waals surface area contributed by atoms with Gasteiger partial charge in [0.05, 0.1) is 19.8 Å². The molecule has 35 heavy (non-hydrogen) atoms. The van der Waals surface area contributed by atoms with E-state index in [4.69, 9.17) is 14.2 Å². The number of carbonyl (C=O) groups excluding carboxylic acids is 1. The van der Waals surface area contributed by atoms with E-state index in [1.54, 1.807) is 31.2 Å². The molecular weight excluding hydrogens is 448 g/mol. The minimum atomic E-state index is -0.206. The van der Waals surface area contributed by atoms with Crippen molar-refractivity contribution in [2.75, 3.05) is 43.1 Å². The first-order valence-electron chi connectivity index (χ1n) is 11.7. The third-order valence-corrected chi connectivity index (χ3v) is 5.63. The summed E-state index contributed by atoms with van der Waals surface area (Å²) in [4.78, 5) is 34.5. The van der Waals surface area contributed by atoms with Crippen molar-refractivity contribution < 1.29 is 19.0 Å². The molecule has 184 valence electrons. The van der Waals surface area contributed by atoms with Crippen LogP contribution in [0.1, 0.15) is 24.6 Å². The fraction of sp³-hybridized carbons (Fsp3) is 0.346. The summed E-state index contributed by atoms with van der Waals surface area (Å²) in [6, 6.07) is 14.5. The Morgan fingerprint density at radius 3 is 2.31 bits per heavy atom. The van der Waals surface area contributed by atoms with Crippen LogP contribution in [0.25, 0.3) is 0 Å². The third-order valence-electron chi connectivity index (χ3n) is 5.63. The molecule has 1 aliphatic heterocycles. The van der Waals surface area contributed by atoms with Crippen molar-refractivity contribution >= 4 is 17.5 Å². The molecule has 2 heterocycles. The maximum Gasteiger partial charge on any atom is 0.255 e. The van der Waals surface area contributed by atoms with E-state index in [0.717, 1.165) is 5.75 Å². The predicted octanol–water partition coefficient (Wildman–Crippen LogP) is 3.68. The molecule has 1 aromatic heterocycles. The lowest BCUT2D eigenvalue weighted by molar-refractivity contribution is -0.116. The van der Waals surface area contributed by atoms with Gasteiger partial charge in [0.25, 0.3) is 5.56 Å². The van der Waals surface area contributed by atoms with Crippen LogP contribution in [0.5, 0.6) is 17.2 Å². The molecule has 0 atom stereocenters. The number of nitrogens with zero attached hydrogens (tertiary/aromatic N) is 2. The van der Waals surface area contributed by atoms with E-state index in [2.05, 4.69) is 15.3 Å². The van der Waals surface area contributed by atoms with Gasteiger partial charge in [-0.15, -0.1) is 0 Å². The summed E-state index contributed by atoms with van der Waals surface area (Å²) in [5.74, 6) is 2.51. The van der Waals surface area contributed by atoms with Gasteiger partial charge in [0.1, 0.15) is 17.2 Å². The summed E-state index contributed by atoms with van der Waals surface area (Å²) in [5.41, 5.74) is 1.61. The normalized spacial score (nSPS) is 13.4. The van der Waals surface area contributed by atoms with Gasteiger partial charge in [0.15, 0.2) is 0 Å². The van der Waals surface area contributed by atoms with Crippen LogP contribution in [0.2, 0.25) is 0 Å². The van der Waals surface area contributed by atoms with Crippen LogP contribution in [-0.4, -0.2) is 48.8 Å². The zero-order valence-electron chi connectivity index (χ0n) is 20.0. The van der Waals surface area contributed by atoms with E-state index in [1.165, 1.54) is 0 Å². The summed E-state index contributed by atoms with van der Waals surface area (Å²) in [5, 5.41) is 2.86. The molecule has 0 radical (unpaired) electrons. The van der Waals surface area contributed by atoms with Crippen molar-refractivity contribution in [1.29, 1.82) is 0 Å². The van der Waals surface area contributed by atoms with Crippen LogP contribution in [0.3, 0.4) is 0 Å². The summed E-state index contributed by atoms with van der Waals surface area (Å²) >= 11 is 0. The number of aromatic nitrogens is 2. The maximum atomic E-state index is 12.6. The van der Waals surface area contributed by atoms with E-state index in [0.29, 0.717) is 73.7 Å². The van der Waals surface area contributed by atoms with Gasteiger partial charge >= 0.3 is 0 Å². The lowest BCUT2D eigenvalue weighted by atomic mass is 10.1. The summed E-state index contributed by atoms with van der Waals surface area (Å²) in [6.07, 6.45) is 0.481. The molecule has 2 N–H and O–H groups in total. The van der Waals surface area contributed by atoms with Crippen molar-refractivity contribution in [2.45, 2.75) is 26.7 Å². The quantitative estimate of drug-likeness (QED) is 0.483. The van der Waals surface area contributed by atoms with Gasteiger partial charge in [-0.3, -0.25) is 14.6 Å². The topological polar surface area (TPSA) is 106 Å². The molecule has 2 aromatic carbocycles. The van der Waals surface area contributed by atoms with Crippen LogP contribution in [0, 0.1) is 6.92 Å². The minimum absolute atomic E-state index is 0.174. The van der Waals surface area contributed by atoms with Crippen molar-refractivity contribution in [3.05, 3.63) is 70.1 Å². The number of benzene rings is 2. The molecule has 9 heteroatoms. The van der Waals surface area contributed by atoms with E-state index >= 15 is 0 Å². The summed E-state index contributed by atoms with van der Waals surface area (Å²) < 4.78 is 16.6. The third kappa shape index (κ3) is 6.60. The van der Waals surface area contributed by atoms with Gasteiger partial charge in [-0.05, 0) is 68.8 Å². The number of aromatic amines is 1. The number of H-pyrrole nitrogens is 1. The first-order valence-corrected chi connectivity index (χ1v) is 11.7. The maximum absolute atomic E-state index is 12.6. The highest BCUT2D eigenvalue weighted by Gasteiger charge is 2.17. The molecule has 1 aliphatic rings. The Kier molecular flexibility index (Phi) is 7.99. The van der Waals surface area contributed by atoms with E-state index in [9.17, 15) is 9.59 Å². The fourth-order valence-electron chi connectivity index (χ4n) is 3.79. The average molecular weight is 479 g/mol. The Morgan fingerprint density at radius 1 is 1.06 bits per heavy atom. The number of amides is 1. The molecule has 0 aliphatic carbocycles. The number of anilines is 2.